The molecule has 3 atom stereocenters. The van der Waals surface area contributed by atoms with Crippen LogP contribution in [0.15, 0.2) is 6.07 Å². The molecule has 2 fully saturated rings. The van der Waals surface area contributed by atoms with Gasteiger partial charge < -0.3 is 10.0 Å². The van der Waals surface area contributed by atoms with Crippen LogP contribution in [0.1, 0.15) is 30.7 Å². The SMILES string of the molecule is Cc1cc(C)n(CC(=O)N2CC3CCCC3C2C(=O)O)n1. The third kappa shape index (κ3) is 2.43. The molecule has 0 aromatic carbocycles. The Bertz CT molecular complexity index is 581. The smallest absolute Gasteiger partial charge is 0.326 e. The first-order valence-electron chi connectivity index (χ1n) is 7.50. The van der Waals surface area contributed by atoms with E-state index in [1.165, 1.54) is 0 Å². The van der Waals surface area contributed by atoms with Crippen LogP contribution in [0.2, 0.25) is 0 Å². The summed E-state index contributed by atoms with van der Waals surface area (Å²) in [5, 5.41) is 13.8. The predicted molar refractivity (Wildman–Crippen MR) is 75.7 cm³/mol. The van der Waals surface area contributed by atoms with Crippen molar-refractivity contribution in [2.24, 2.45) is 11.8 Å². The number of nitrogens with zero attached hydrogens (tertiary/aromatic N) is 3. The molecule has 1 saturated heterocycles. The first-order chi connectivity index (χ1) is 9.97. The zero-order chi connectivity index (χ0) is 15.1. The summed E-state index contributed by atoms with van der Waals surface area (Å²) in [5.41, 5.74) is 1.79. The lowest BCUT2D eigenvalue weighted by Crippen LogP contribution is -2.44. The van der Waals surface area contributed by atoms with E-state index < -0.39 is 12.0 Å². The number of carbonyl (C=O) groups excluding carboxylic acids is 1. The number of fused-ring (bicyclic) bond motifs is 1. The van der Waals surface area contributed by atoms with Gasteiger partial charge in [0.05, 0.1) is 5.69 Å². The molecule has 3 unspecified atom stereocenters. The highest BCUT2D eigenvalue weighted by atomic mass is 16.4. The van der Waals surface area contributed by atoms with Gasteiger partial charge in [0.15, 0.2) is 0 Å². The molecule has 1 saturated carbocycles. The van der Waals surface area contributed by atoms with E-state index in [-0.39, 0.29) is 18.4 Å². The molecule has 3 rings (SSSR count). The summed E-state index contributed by atoms with van der Waals surface area (Å²) in [6.45, 7) is 4.50. The standard InChI is InChI=1S/C15H21N3O3/c1-9-6-10(2)18(16-9)8-13(19)17-7-11-4-3-5-12(11)14(17)15(20)21/h6,11-12,14H,3-5,7-8H2,1-2H3,(H,20,21). The highest BCUT2D eigenvalue weighted by Crippen LogP contribution is 2.42. The summed E-state index contributed by atoms with van der Waals surface area (Å²) in [6, 6.07) is 1.27. The van der Waals surface area contributed by atoms with Crippen LogP contribution in [0, 0.1) is 25.7 Å². The summed E-state index contributed by atoms with van der Waals surface area (Å²) in [5.74, 6) is -0.517. The van der Waals surface area contributed by atoms with E-state index in [2.05, 4.69) is 5.10 Å². The lowest BCUT2D eigenvalue weighted by atomic mass is 9.94. The van der Waals surface area contributed by atoms with Gasteiger partial charge in [0.1, 0.15) is 12.6 Å². The van der Waals surface area contributed by atoms with Gasteiger partial charge in [-0.05, 0) is 44.6 Å². The number of aliphatic carboxylic acids is 1. The zero-order valence-electron chi connectivity index (χ0n) is 12.5. The first-order valence-corrected chi connectivity index (χ1v) is 7.50. The molecule has 2 aliphatic rings. The summed E-state index contributed by atoms with van der Waals surface area (Å²) in [7, 11) is 0. The van der Waals surface area contributed by atoms with Crippen molar-refractivity contribution in [3.05, 3.63) is 17.5 Å². The average Bonchev–Trinajstić information content (AvgIpc) is 3.03. The fourth-order valence-corrected chi connectivity index (χ4v) is 3.93. The molecule has 0 bridgehead atoms. The topological polar surface area (TPSA) is 75.4 Å². The number of hydrogen-bond acceptors (Lipinski definition) is 3. The van der Waals surface area contributed by atoms with E-state index in [0.29, 0.717) is 12.5 Å². The number of carboxylic acid groups (broad SMARTS) is 1. The summed E-state index contributed by atoms with van der Waals surface area (Å²) in [4.78, 5) is 25.7. The van der Waals surface area contributed by atoms with Gasteiger partial charge in [-0.1, -0.05) is 6.42 Å². The van der Waals surface area contributed by atoms with Crippen LogP contribution in [0.4, 0.5) is 0 Å². The fraction of sp³-hybridized carbons (Fsp3) is 0.667. The molecule has 1 aromatic rings. The van der Waals surface area contributed by atoms with Gasteiger partial charge in [-0.3, -0.25) is 9.48 Å². The number of carbonyl (C=O) groups is 2. The third-order valence-corrected chi connectivity index (χ3v) is 4.85. The number of rotatable bonds is 3. The number of aryl methyl sites for hydroxylation is 2. The minimum absolute atomic E-state index is 0.128. The number of carboxylic acids is 1. The quantitative estimate of drug-likeness (QED) is 0.908. The summed E-state index contributed by atoms with van der Waals surface area (Å²) < 4.78 is 1.66. The van der Waals surface area contributed by atoms with Crippen LogP contribution >= 0.6 is 0 Å². The molecule has 2 heterocycles. The minimum Gasteiger partial charge on any atom is -0.480 e. The molecule has 1 aliphatic heterocycles. The monoisotopic (exact) mass is 291 g/mol. The Morgan fingerprint density at radius 3 is 2.76 bits per heavy atom. The Kier molecular flexibility index (Phi) is 3.47. The lowest BCUT2D eigenvalue weighted by Gasteiger charge is -2.24. The van der Waals surface area contributed by atoms with Gasteiger partial charge in [0.2, 0.25) is 5.91 Å². The molecule has 1 aliphatic carbocycles. The van der Waals surface area contributed by atoms with E-state index in [9.17, 15) is 14.7 Å². The van der Waals surface area contributed by atoms with Crippen molar-refractivity contribution in [3.63, 3.8) is 0 Å². The van der Waals surface area contributed by atoms with Crippen molar-refractivity contribution >= 4 is 11.9 Å². The molecular weight excluding hydrogens is 270 g/mol. The van der Waals surface area contributed by atoms with Crippen molar-refractivity contribution in [1.82, 2.24) is 14.7 Å². The first kappa shape index (κ1) is 14.1. The van der Waals surface area contributed by atoms with Gasteiger partial charge in [-0.2, -0.15) is 5.10 Å². The molecule has 114 valence electrons. The van der Waals surface area contributed by atoms with E-state index >= 15 is 0 Å². The van der Waals surface area contributed by atoms with Crippen molar-refractivity contribution in [2.45, 2.75) is 45.7 Å². The van der Waals surface area contributed by atoms with Crippen molar-refractivity contribution in [2.75, 3.05) is 6.54 Å². The van der Waals surface area contributed by atoms with Gasteiger partial charge in [0, 0.05) is 12.2 Å². The highest BCUT2D eigenvalue weighted by Gasteiger charge is 2.49. The third-order valence-electron chi connectivity index (χ3n) is 4.85. The van der Waals surface area contributed by atoms with E-state index in [1.807, 2.05) is 19.9 Å². The Hall–Kier alpha value is -1.85. The molecule has 1 amide bonds. The Morgan fingerprint density at radius 1 is 1.38 bits per heavy atom. The largest absolute Gasteiger partial charge is 0.480 e. The molecule has 1 N–H and O–H groups in total. The van der Waals surface area contributed by atoms with Crippen LogP contribution in [-0.4, -0.2) is 44.3 Å². The molecule has 0 radical (unpaired) electrons. The summed E-state index contributed by atoms with van der Waals surface area (Å²) in [6.07, 6.45) is 3.04. The molecule has 1 aromatic heterocycles. The number of likely N-dealkylation sites (tertiary alicyclic amines) is 1. The Labute approximate surface area is 123 Å². The maximum absolute atomic E-state index is 12.5. The van der Waals surface area contributed by atoms with Gasteiger partial charge >= 0.3 is 5.97 Å². The highest BCUT2D eigenvalue weighted by molar-refractivity contribution is 5.84. The van der Waals surface area contributed by atoms with Crippen molar-refractivity contribution in [1.29, 1.82) is 0 Å². The second kappa shape index (κ2) is 5.16. The molecular formula is C15H21N3O3. The normalized spacial score (nSPS) is 27.9. The Morgan fingerprint density at radius 2 is 2.14 bits per heavy atom. The maximum Gasteiger partial charge on any atom is 0.326 e. The second-order valence-corrected chi connectivity index (χ2v) is 6.27. The predicted octanol–water partition coefficient (Wildman–Crippen LogP) is 1.21. The van der Waals surface area contributed by atoms with Crippen LogP contribution < -0.4 is 0 Å². The van der Waals surface area contributed by atoms with Crippen LogP contribution in [-0.2, 0) is 16.1 Å². The van der Waals surface area contributed by atoms with E-state index in [1.54, 1.807) is 9.58 Å². The van der Waals surface area contributed by atoms with Crippen LogP contribution in [0.5, 0.6) is 0 Å². The number of amides is 1. The van der Waals surface area contributed by atoms with Gasteiger partial charge in [0.25, 0.3) is 0 Å². The van der Waals surface area contributed by atoms with Crippen LogP contribution in [0.3, 0.4) is 0 Å². The zero-order valence-corrected chi connectivity index (χ0v) is 12.5. The molecule has 0 spiro atoms. The molecule has 21 heavy (non-hydrogen) atoms. The van der Waals surface area contributed by atoms with Crippen molar-refractivity contribution < 1.29 is 14.7 Å². The molecule has 6 nitrogen and oxygen atoms in total. The fourth-order valence-electron chi connectivity index (χ4n) is 3.93. The van der Waals surface area contributed by atoms with Crippen LogP contribution in [0.25, 0.3) is 0 Å². The average molecular weight is 291 g/mol. The van der Waals surface area contributed by atoms with Crippen molar-refractivity contribution in [3.8, 4) is 0 Å². The van der Waals surface area contributed by atoms with E-state index in [4.69, 9.17) is 0 Å². The van der Waals surface area contributed by atoms with Gasteiger partial charge in [-0.15, -0.1) is 0 Å². The number of hydrogen-bond donors (Lipinski definition) is 1. The van der Waals surface area contributed by atoms with Gasteiger partial charge in [-0.25, -0.2) is 4.79 Å². The lowest BCUT2D eigenvalue weighted by molar-refractivity contribution is -0.150. The summed E-state index contributed by atoms with van der Waals surface area (Å²) >= 11 is 0. The second-order valence-electron chi connectivity index (χ2n) is 6.27. The van der Waals surface area contributed by atoms with E-state index in [0.717, 1.165) is 30.7 Å². The number of aromatic nitrogens is 2. The Balaban J connectivity index is 1.77. The maximum atomic E-state index is 12.5. The minimum atomic E-state index is -0.869. The molecule has 6 heteroatoms.